The van der Waals surface area contributed by atoms with E-state index in [1.807, 2.05) is 19.1 Å². The van der Waals surface area contributed by atoms with E-state index in [4.69, 9.17) is 26.8 Å². The van der Waals surface area contributed by atoms with Gasteiger partial charge in [0.05, 0.1) is 40.2 Å². The quantitative estimate of drug-likeness (QED) is 0.520. The summed E-state index contributed by atoms with van der Waals surface area (Å²) in [5.41, 5.74) is 10.3. The van der Waals surface area contributed by atoms with E-state index in [0.717, 1.165) is 16.1 Å². The van der Waals surface area contributed by atoms with Gasteiger partial charge in [0, 0.05) is 27.9 Å². The molecule has 0 aliphatic carbocycles. The zero-order chi connectivity index (χ0) is 23.7. The number of ether oxygens (including phenoxy) is 2. The summed E-state index contributed by atoms with van der Waals surface area (Å²) < 4.78 is 12.4. The first-order chi connectivity index (χ1) is 15.8. The molecule has 1 aliphatic rings. The Bertz CT molecular complexity index is 1330. The fourth-order valence-electron chi connectivity index (χ4n) is 4.00. The highest BCUT2D eigenvalue weighted by Gasteiger charge is 2.37. The number of allylic oxidation sites excluding steroid dienone is 1. The summed E-state index contributed by atoms with van der Waals surface area (Å²) in [5.74, 6) is -0.332. The molecular weight excluding hydrogens is 460 g/mol. The Labute approximate surface area is 200 Å². The third-order valence-corrected chi connectivity index (χ3v) is 6.69. The van der Waals surface area contributed by atoms with Gasteiger partial charge in [-0.15, -0.1) is 11.3 Å². The number of methoxy groups -OCH3 is 1. The second-order valence-electron chi connectivity index (χ2n) is 7.56. The van der Waals surface area contributed by atoms with Crippen LogP contribution in [0.5, 0.6) is 11.6 Å². The van der Waals surface area contributed by atoms with Crippen LogP contribution in [0.1, 0.15) is 40.0 Å². The number of fused-ring (bicyclic) bond motifs is 1. The van der Waals surface area contributed by atoms with Gasteiger partial charge in [0.1, 0.15) is 12.4 Å². The van der Waals surface area contributed by atoms with Crippen molar-refractivity contribution in [2.75, 3.05) is 12.4 Å². The van der Waals surface area contributed by atoms with E-state index in [1.54, 1.807) is 31.3 Å². The molecule has 2 aromatic heterocycles. The van der Waals surface area contributed by atoms with E-state index < -0.39 is 11.8 Å². The zero-order valence-corrected chi connectivity index (χ0v) is 19.8. The van der Waals surface area contributed by atoms with Crippen LogP contribution in [0.4, 0.5) is 5.69 Å². The van der Waals surface area contributed by atoms with Gasteiger partial charge in [0.25, 0.3) is 0 Å². The molecule has 3 heterocycles. The minimum absolute atomic E-state index is 0.270. The van der Waals surface area contributed by atoms with E-state index in [2.05, 4.69) is 16.4 Å². The average molecular weight is 481 g/mol. The molecule has 33 heavy (non-hydrogen) atoms. The predicted molar refractivity (Wildman–Crippen MR) is 128 cm³/mol. The van der Waals surface area contributed by atoms with Crippen molar-refractivity contribution in [1.29, 1.82) is 5.26 Å². The van der Waals surface area contributed by atoms with Gasteiger partial charge >= 0.3 is 0 Å². The molecule has 1 aliphatic heterocycles. The fraction of sp³-hybridized carbons (Fsp3) is 0.208. The van der Waals surface area contributed by atoms with Crippen molar-refractivity contribution in [2.24, 2.45) is 5.73 Å². The first-order valence-corrected chi connectivity index (χ1v) is 11.3. The number of carbonyl (C=O) groups is 1. The molecule has 0 spiro atoms. The summed E-state index contributed by atoms with van der Waals surface area (Å²) in [6.45, 7) is 4.00. The number of nitrogens with two attached hydrogens (primary N) is 1. The SMILES string of the molecule is COc1cc(C#N)ccc1[C@H]1C(C(N)=O)=C(C)Nc2c(C)cnc(OCc3ccc(Cl)s3)c21. The Morgan fingerprint density at radius 2 is 2.12 bits per heavy atom. The molecule has 1 atom stereocenters. The van der Waals surface area contributed by atoms with Crippen LogP contribution in [-0.4, -0.2) is 18.0 Å². The Morgan fingerprint density at radius 3 is 2.76 bits per heavy atom. The third-order valence-electron chi connectivity index (χ3n) is 5.48. The monoisotopic (exact) mass is 480 g/mol. The van der Waals surface area contributed by atoms with Crippen molar-refractivity contribution in [2.45, 2.75) is 26.4 Å². The fourth-order valence-corrected chi connectivity index (χ4v) is 5.00. The summed E-state index contributed by atoms with van der Waals surface area (Å²) in [5, 5.41) is 12.6. The van der Waals surface area contributed by atoms with Gasteiger partial charge in [-0.1, -0.05) is 17.7 Å². The van der Waals surface area contributed by atoms with Gasteiger partial charge < -0.3 is 20.5 Å². The summed E-state index contributed by atoms with van der Waals surface area (Å²) >= 11 is 7.48. The normalized spacial score (nSPS) is 14.8. The van der Waals surface area contributed by atoms with Crippen LogP contribution in [0.2, 0.25) is 4.34 Å². The van der Waals surface area contributed by atoms with Crippen LogP contribution in [0.25, 0.3) is 0 Å². The van der Waals surface area contributed by atoms with E-state index in [9.17, 15) is 10.1 Å². The van der Waals surface area contributed by atoms with E-state index in [1.165, 1.54) is 18.4 Å². The number of nitriles is 1. The standard InChI is InChI=1S/C24H21ClN4O3S/c1-12-10-28-24(32-11-15-5-7-18(25)33-15)21-20(19(23(27)30)13(2)29-22(12)21)16-6-4-14(9-26)8-17(16)31-3/h4-8,10,20,29H,11H2,1-3H3,(H2,27,30)/t20-/m0/s1. The van der Waals surface area contributed by atoms with Crippen molar-refractivity contribution >= 4 is 34.5 Å². The number of aromatic nitrogens is 1. The molecule has 0 saturated carbocycles. The maximum Gasteiger partial charge on any atom is 0.247 e. The highest BCUT2D eigenvalue weighted by molar-refractivity contribution is 7.16. The topological polar surface area (TPSA) is 110 Å². The van der Waals surface area contributed by atoms with Crippen LogP contribution in [0, 0.1) is 18.3 Å². The van der Waals surface area contributed by atoms with Crippen molar-refractivity contribution < 1.29 is 14.3 Å². The molecule has 3 aromatic rings. The summed E-state index contributed by atoms with van der Waals surface area (Å²) in [7, 11) is 1.52. The van der Waals surface area contributed by atoms with Gasteiger partial charge in [0.15, 0.2) is 0 Å². The highest BCUT2D eigenvalue weighted by Crippen LogP contribution is 2.49. The molecule has 0 bridgehead atoms. The molecule has 0 radical (unpaired) electrons. The lowest BCUT2D eigenvalue weighted by atomic mass is 9.79. The molecule has 4 rings (SSSR count). The number of hydrogen-bond acceptors (Lipinski definition) is 7. The minimum Gasteiger partial charge on any atom is -0.496 e. The average Bonchev–Trinajstić information content (AvgIpc) is 3.22. The lowest BCUT2D eigenvalue weighted by molar-refractivity contribution is -0.114. The largest absolute Gasteiger partial charge is 0.496 e. The van der Waals surface area contributed by atoms with Gasteiger partial charge in [-0.3, -0.25) is 4.79 Å². The maximum atomic E-state index is 12.6. The van der Waals surface area contributed by atoms with Crippen molar-refractivity contribution in [3.05, 3.63) is 79.3 Å². The first-order valence-electron chi connectivity index (χ1n) is 10.1. The molecule has 1 amide bonds. The molecule has 0 fully saturated rings. The molecule has 0 unspecified atom stereocenters. The number of hydrogen-bond donors (Lipinski definition) is 2. The van der Waals surface area contributed by atoms with Gasteiger partial charge in [-0.2, -0.15) is 5.26 Å². The molecule has 3 N–H and O–H groups in total. The number of carbonyl (C=O) groups excluding carboxylic acids is 1. The van der Waals surface area contributed by atoms with Crippen molar-refractivity contribution in [3.8, 4) is 17.7 Å². The molecule has 1 aromatic carbocycles. The Hall–Kier alpha value is -3.54. The Balaban J connectivity index is 1.91. The number of pyridine rings is 1. The van der Waals surface area contributed by atoms with Gasteiger partial charge in [0.2, 0.25) is 11.8 Å². The Morgan fingerprint density at radius 1 is 1.33 bits per heavy atom. The number of rotatable bonds is 6. The molecule has 7 nitrogen and oxygen atoms in total. The van der Waals surface area contributed by atoms with Gasteiger partial charge in [-0.05, 0) is 43.7 Å². The van der Waals surface area contributed by atoms with E-state index in [-0.39, 0.29) is 6.61 Å². The number of nitrogens with zero attached hydrogens (tertiary/aromatic N) is 2. The number of aryl methyl sites for hydroxylation is 1. The molecular formula is C24H21ClN4O3S. The summed E-state index contributed by atoms with van der Waals surface area (Å²) in [4.78, 5) is 18.1. The number of nitrogens with one attached hydrogen (secondary N) is 1. The van der Waals surface area contributed by atoms with Crippen molar-refractivity contribution in [1.82, 2.24) is 4.98 Å². The highest BCUT2D eigenvalue weighted by atomic mass is 35.5. The lowest BCUT2D eigenvalue weighted by Gasteiger charge is -2.32. The second-order valence-corrected chi connectivity index (χ2v) is 9.36. The number of amides is 1. The van der Waals surface area contributed by atoms with E-state index in [0.29, 0.717) is 43.9 Å². The number of primary amides is 1. The smallest absolute Gasteiger partial charge is 0.247 e. The van der Waals surface area contributed by atoms with Crippen molar-refractivity contribution in [3.63, 3.8) is 0 Å². The van der Waals surface area contributed by atoms with E-state index >= 15 is 0 Å². The number of thiophene rings is 1. The van der Waals surface area contributed by atoms with Gasteiger partial charge in [-0.25, -0.2) is 4.98 Å². The van der Waals surface area contributed by atoms with Crippen LogP contribution in [0.15, 0.2) is 47.8 Å². The number of benzene rings is 1. The van der Waals surface area contributed by atoms with Crippen LogP contribution >= 0.6 is 22.9 Å². The molecule has 0 saturated heterocycles. The zero-order valence-electron chi connectivity index (χ0n) is 18.2. The summed E-state index contributed by atoms with van der Waals surface area (Å²) in [6, 6.07) is 10.9. The summed E-state index contributed by atoms with van der Waals surface area (Å²) in [6.07, 6.45) is 1.72. The second kappa shape index (κ2) is 9.14. The predicted octanol–water partition coefficient (Wildman–Crippen LogP) is 4.88. The van der Waals surface area contributed by atoms with Crippen LogP contribution in [0.3, 0.4) is 0 Å². The molecule has 168 valence electrons. The minimum atomic E-state index is -0.601. The van der Waals surface area contributed by atoms with Crippen LogP contribution in [-0.2, 0) is 11.4 Å². The number of anilines is 1. The number of halogens is 1. The first kappa shape index (κ1) is 22.6. The maximum absolute atomic E-state index is 12.6. The molecule has 9 heteroatoms. The van der Waals surface area contributed by atoms with Crippen LogP contribution < -0.4 is 20.5 Å². The Kier molecular flexibility index (Phi) is 6.27. The third kappa shape index (κ3) is 4.25. The lowest BCUT2D eigenvalue weighted by Crippen LogP contribution is -2.28.